The molecule has 0 aromatic rings. The van der Waals surface area contributed by atoms with Gasteiger partial charge in [-0.15, -0.1) is 0 Å². The third-order valence-electron chi connectivity index (χ3n) is 7.54. The highest BCUT2D eigenvalue weighted by Crippen LogP contribution is 2.43. The number of nitrogens with one attached hydrogen (secondary N) is 1. The standard InChI is InChI=1S/C23H39N3O3/c1-16(2)24-21(27)11-18-14-26(13-17-7-3-4-8-17)19-15-29-20(23(18)19)12-22(28)25-9-5-6-10-25/h16-20,23H,3-15H2,1-2H3,(H,24,27)/t18-,19-,20+,23-/m1/s1. The summed E-state index contributed by atoms with van der Waals surface area (Å²) in [5, 5.41) is 3.06. The van der Waals surface area contributed by atoms with Crippen LogP contribution in [0, 0.1) is 17.8 Å². The van der Waals surface area contributed by atoms with E-state index < -0.39 is 0 Å². The van der Waals surface area contributed by atoms with Gasteiger partial charge in [-0.05, 0) is 51.4 Å². The fourth-order valence-electron chi connectivity index (χ4n) is 6.23. The Morgan fingerprint density at radius 1 is 1.07 bits per heavy atom. The lowest BCUT2D eigenvalue weighted by Gasteiger charge is -2.25. The van der Waals surface area contributed by atoms with E-state index in [4.69, 9.17) is 4.74 Å². The van der Waals surface area contributed by atoms with Crippen molar-refractivity contribution in [2.75, 3.05) is 32.8 Å². The van der Waals surface area contributed by atoms with Crippen molar-refractivity contribution < 1.29 is 14.3 Å². The van der Waals surface area contributed by atoms with Gasteiger partial charge in [-0.1, -0.05) is 12.8 Å². The number of hydrogen-bond acceptors (Lipinski definition) is 4. The first kappa shape index (κ1) is 21.1. The summed E-state index contributed by atoms with van der Waals surface area (Å²) < 4.78 is 6.22. The molecule has 0 aromatic heterocycles. The number of amides is 2. The van der Waals surface area contributed by atoms with Crippen LogP contribution in [0.3, 0.4) is 0 Å². The highest BCUT2D eigenvalue weighted by molar-refractivity contribution is 5.77. The van der Waals surface area contributed by atoms with Crippen LogP contribution >= 0.6 is 0 Å². The third-order valence-corrected chi connectivity index (χ3v) is 7.54. The van der Waals surface area contributed by atoms with E-state index in [1.807, 2.05) is 18.7 Å². The second kappa shape index (κ2) is 9.34. The van der Waals surface area contributed by atoms with Crippen molar-refractivity contribution in [2.45, 2.75) is 83.4 Å². The second-order valence-corrected chi connectivity index (χ2v) is 10.1. The molecule has 3 saturated heterocycles. The quantitative estimate of drug-likeness (QED) is 0.707. The van der Waals surface area contributed by atoms with Crippen LogP contribution < -0.4 is 5.32 Å². The van der Waals surface area contributed by atoms with Crippen LogP contribution in [0.5, 0.6) is 0 Å². The molecule has 1 aliphatic carbocycles. The number of hydrogen-bond donors (Lipinski definition) is 1. The van der Waals surface area contributed by atoms with Crippen molar-refractivity contribution in [2.24, 2.45) is 17.8 Å². The molecule has 0 bridgehead atoms. The molecule has 0 aromatic carbocycles. The molecule has 29 heavy (non-hydrogen) atoms. The van der Waals surface area contributed by atoms with Crippen LogP contribution in [0.1, 0.15) is 65.2 Å². The lowest BCUT2D eigenvalue weighted by molar-refractivity contribution is -0.133. The normalized spacial score (nSPS) is 33.0. The zero-order chi connectivity index (χ0) is 20.4. The monoisotopic (exact) mass is 405 g/mol. The van der Waals surface area contributed by atoms with Crippen molar-refractivity contribution in [1.29, 1.82) is 0 Å². The molecule has 1 saturated carbocycles. The molecule has 0 unspecified atom stereocenters. The molecule has 6 nitrogen and oxygen atoms in total. The van der Waals surface area contributed by atoms with Gasteiger partial charge in [-0.3, -0.25) is 14.5 Å². The first-order chi connectivity index (χ1) is 14.0. The first-order valence-electron chi connectivity index (χ1n) is 11.9. The second-order valence-electron chi connectivity index (χ2n) is 10.1. The predicted molar refractivity (Wildman–Crippen MR) is 112 cm³/mol. The number of rotatable bonds is 7. The number of carbonyl (C=O) groups excluding carboxylic acids is 2. The summed E-state index contributed by atoms with van der Waals surface area (Å²) in [5.41, 5.74) is 0. The van der Waals surface area contributed by atoms with Crippen molar-refractivity contribution in [3.63, 3.8) is 0 Å². The molecule has 0 spiro atoms. The third kappa shape index (κ3) is 4.96. The van der Waals surface area contributed by atoms with E-state index in [1.54, 1.807) is 0 Å². The van der Waals surface area contributed by atoms with Gasteiger partial charge in [0, 0.05) is 50.6 Å². The van der Waals surface area contributed by atoms with Gasteiger partial charge in [0.1, 0.15) is 0 Å². The lowest BCUT2D eigenvalue weighted by Crippen LogP contribution is -2.38. The Morgan fingerprint density at radius 2 is 1.79 bits per heavy atom. The van der Waals surface area contributed by atoms with E-state index in [0.29, 0.717) is 30.7 Å². The van der Waals surface area contributed by atoms with Crippen LogP contribution in [0.25, 0.3) is 0 Å². The van der Waals surface area contributed by atoms with E-state index in [0.717, 1.165) is 51.5 Å². The molecule has 2 amide bonds. The Hall–Kier alpha value is -1.14. The fraction of sp³-hybridized carbons (Fsp3) is 0.913. The topological polar surface area (TPSA) is 61.9 Å². The Bertz CT molecular complexity index is 584. The minimum absolute atomic E-state index is 0.0291. The predicted octanol–water partition coefficient (Wildman–Crippen LogP) is 2.42. The minimum atomic E-state index is -0.0291. The molecule has 4 atom stereocenters. The summed E-state index contributed by atoms with van der Waals surface area (Å²) in [6.45, 7) is 8.66. The maximum atomic E-state index is 12.8. The average molecular weight is 406 g/mol. The van der Waals surface area contributed by atoms with E-state index in [-0.39, 0.29) is 24.0 Å². The largest absolute Gasteiger partial charge is 0.376 e. The van der Waals surface area contributed by atoms with Crippen LogP contribution in [0.15, 0.2) is 0 Å². The molecule has 4 fully saturated rings. The van der Waals surface area contributed by atoms with Crippen molar-refractivity contribution in [3.8, 4) is 0 Å². The molecule has 1 N–H and O–H groups in total. The molecular weight excluding hydrogens is 366 g/mol. The van der Waals surface area contributed by atoms with E-state index in [2.05, 4.69) is 10.2 Å². The summed E-state index contributed by atoms with van der Waals surface area (Å²) in [6, 6.07) is 0.547. The number of likely N-dealkylation sites (tertiary alicyclic amines) is 2. The van der Waals surface area contributed by atoms with E-state index >= 15 is 0 Å². The van der Waals surface area contributed by atoms with Gasteiger partial charge in [-0.25, -0.2) is 0 Å². The summed E-state index contributed by atoms with van der Waals surface area (Å²) in [4.78, 5) is 29.9. The molecule has 3 aliphatic heterocycles. The van der Waals surface area contributed by atoms with Crippen molar-refractivity contribution >= 4 is 11.8 Å². The summed E-state index contributed by atoms with van der Waals surface area (Å²) >= 11 is 0. The lowest BCUT2D eigenvalue weighted by atomic mass is 9.84. The van der Waals surface area contributed by atoms with Crippen molar-refractivity contribution in [3.05, 3.63) is 0 Å². The van der Waals surface area contributed by atoms with Crippen LogP contribution in [-0.2, 0) is 14.3 Å². The Balaban J connectivity index is 1.43. The maximum Gasteiger partial charge on any atom is 0.225 e. The van der Waals surface area contributed by atoms with Gasteiger partial charge < -0.3 is 15.0 Å². The van der Waals surface area contributed by atoms with E-state index in [1.165, 1.54) is 25.7 Å². The number of nitrogens with zero attached hydrogens (tertiary/aromatic N) is 2. The number of ether oxygens (including phenoxy) is 1. The maximum absolute atomic E-state index is 12.8. The molecule has 4 aliphatic rings. The summed E-state index contributed by atoms with van der Waals surface area (Å²) in [6.07, 6.45) is 8.64. The van der Waals surface area contributed by atoms with Gasteiger partial charge in [0.15, 0.2) is 0 Å². The van der Waals surface area contributed by atoms with Gasteiger partial charge >= 0.3 is 0 Å². The molecule has 3 heterocycles. The first-order valence-corrected chi connectivity index (χ1v) is 11.9. The molecule has 0 radical (unpaired) electrons. The van der Waals surface area contributed by atoms with Gasteiger partial charge in [-0.2, -0.15) is 0 Å². The molecule has 6 heteroatoms. The molecule has 4 rings (SSSR count). The summed E-state index contributed by atoms with van der Waals surface area (Å²) in [5.74, 6) is 1.78. The van der Waals surface area contributed by atoms with E-state index in [9.17, 15) is 9.59 Å². The fourth-order valence-corrected chi connectivity index (χ4v) is 6.23. The SMILES string of the molecule is CC(C)NC(=O)C[C@@H]1CN(CC2CCCC2)[C@@H]2CO[C@@H](CC(=O)N3CCCC3)[C@H]12. The molecular formula is C23H39N3O3. The Labute approximate surface area is 175 Å². The van der Waals surface area contributed by atoms with Crippen LogP contribution in [0.2, 0.25) is 0 Å². The number of carbonyl (C=O) groups is 2. The van der Waals surface area contributed by atoms with Crippen molar-refractivity contribution in [1.82, 2.24) is 15.1 Å². The number of fused-ring (bicyclic) bond motifs is 1. The highest BCUT2D eigenvalue weighted by Gasteiger charge is 2.51. The zero-order valence-electron chi connectivity index (χ0n) is 18.3. The Kier molecular flexibility index (Phi) is 6.80. The molecule has 164 valence electrons. The van der Waals surface area contributed by atoms with Crippen LogP contribution in [0.4, 0.5) is 0 Å². The van der Waals surface area contributed by atoms with Gasteiger partial charge in [0.2, 0.25) is 11.8 Å². The Morgan fingerprint density at radius 3 is 2.48 bits per heavy atom. The van der Waals surface area contributed by atoms with Gasteiger partial charge in [0.25, 0.3) is 0 Å². The minimum Gasteiger partial charge on any atom is -0.376 e. The highest BCUT2D eigenvalue weighted by atomic mass is 16.5. The summed E-state index contributed by atoms with van der Waals surface area (Å²) in [7, 11) is 0. The van der Waals surface area contributed by atoms with Gasteiger partial charge in [0.05, 0.1) is 19.1 Å². The zero-order valence-corrected chi connectivity index (χ0v) is 18.3. The average Bonchev–Trinajstić information content (AvgIpc) is 3.43. The van der Waals surface area contributed by atoms with Crippen LogP contribution in [-0.4, -0.2) is 72.6 Å². The smallest absolute Gasteiger partial charge is 0.225 e.